The number of anilines is 1. The monoisotopic (exact) mass is 419 g/mol. The van der Waals surface area contributed by atoms with Crippen LogP contribution in [0.15, 0.2) is 34.8 Å². The molecule has 0 saturated heterocycles. The van der Waals surface area contributed by atoms with Crippen molar-refractivity contribution in [1.29, 1.82) is 0 Å². The fourth-order valence-corrected chi connectivity index (χ4v) is 3.00. The molecule has 0 aliphatic carbocycles. The summed E-state index contributed by atoms with van der Waals surface area (Å²) >= 11 is 3.35. The van der Waals surface area contributed by atoms with Crippen molar-refractivity contribution < 1.29 is 23.7 Å². The van der Waals surface area contributed by atoms with Crippen LogP contribution in [0.2, 0.25) is 0 Å². The molecule has 0 saturated carbocycles. The lowest BCUT2D eigenvalue weighted by Crippen LogP contribution is -2.03. The number of benzene rings is 2. The van der Waals surface area contributed by atoms with Crippen LogP contribution < -0.4 is 24.7 Å². The first-order valence-corrected chi connectivity index (χ1v) is 8.74. The zero-order valence-electron chi connectivity index (χ0n) is 14.4. The molecule has 2 aromatic carbocycles. The predicted molar refractivity (Wildman–Crippen MR) is 102 cm³/mol. The van der Waals surface area contributed by atoms with Gasteiger partial charge in [0.1, 0.15) is 11.5 Å². The molecular weight excluding hydrogens is 402 g/mol. The summed E-state index contributed by atoms with van der Waals surface area (Å²) in [5.41, 5.74) is 7.50. The van der Waals surface area contributed by atoms with Crippen LogP contribution in [-0.4, -0.2) is 26.3 Å². The summed E-state index contributed by atoms with van der Waals surface area (Å²) < 4.78 is 21.9. The molecule has 0 aromatic heterocycles. The third kappa shape index (κ3) is 3.62. The number of allylic oxidation sites excluding steroid dienone is 1. The van der Waals surface area contributed by atoms with Crippen LogP contribution in [-0.2, 0) is 0 Å². The number of carbonyl (C=O) groups is 1. The Morgan fingerprint density at radius 1 is 1.23 bits per heavy atom. The number of rotatable bonds is 6. The number of nitrogen functional groups attached to an aromatic ring is 1. The fourth-order valence-electron chi connectivity index (χ4n) is 2.52. The molecule has 0 radical (unpaired) electrons. The molecule has 2 aromatic rings. The van der Waals surface area contributed by atoms with E-state index in [0.29, 0.717) is 50.9 Å². The Labute approximate surface area is 159 Å². The van der Waals surface area contributed by atoms with E-state index in [-0.39, 0.29) is 12.6 Å². The highest BCUT2D eigenvalue weighted by molar-refractivity contribution is 9.12. The fraction of sp³-hybridized carbons (Fsp3) is 0.211. The van der Waals surface area contributed by atoms with Crippen molar-refractivity contribution >= 4 is 33.5 Å². The smallest absolute Gasteiger partial charge is 0.231 e. The third-order valence-corrected chi connectivity index (χ3v) is 4.39. The zero-order chi connectivity index (χ0) is 18.7. The van der Waals surface area contributed by atoms with Crippen LogP contribution in [0.4, 0.5) is 5.69 Å². The lowest BCUT2D eigenvalue weighted by molar-refractivity contribution is 0.104. The maximum absolute atomic E-state index is 12.7. The average molecular weight is 420 g/mol. The highest BCUT2D eigenvalue weighted by Crippen LogP contribution is 2.39. The standard InChI is InChI=1S/C19H18BrNO5/c1-3-24-16-7-11(4-5-14(16)21)19(22)13(20)6-12-8-17-18(26-10-25-17)9-15(12)23-2/h4-9H,3,10,21H2,1-2H3. The number of nitrogens with two attached hydrogens (primary N) is 1. The minimum Gasteiger partial charge on any atom is -0.496 e. The molecule has 0 unspecified atom stereocenters. The minimum absolute atomic E-state index is 0.164. The molecule has 0 fully saturated rings. The van der Waals surface area contributed by atoms with Gasteiger partial charge < -0.3 is 24.7 Å². The molecule has 1 aliphatic heterocycles. The Bertz CT molecular complexity index is 878. The summed E-state index contributed by atoms with van der Waals surface area (Å²) in [6.07, 6.45) is 1.68. The number of carbonyl (C=O) groups excluding carboxylic acids is 1. The van der Waals surface area contributed by atoms with E-state index in [9.17, 15) is 4.79 Å². The molecule has 7 heteroatoms. The zero-order valence-corrected chi connectivity index (χ0v) is 16.0. The highest BCUT2D eigenvalue weighted by Gasteiger charge is 2.19. The van der Waals surface area contributed by atoms with Gasteiger partial charge >= 0.3 is 0 Å². The number of hydrogen-bond donors (Lipinski definition) is 1. The van der Waals surface area contributed by atoms with Gasteiger partial charge in [-0.25, -0.2) is 0 Å². The number of ether oxygens (including phenoxy) is 4. The molecular formula is C19H18BrNO5. The molecule has 1 heterocycles. The first-order chi connectivity index (χ1) is 12.5. The molecule has 2 N–H and O–H groups in total. The molecule has 0 bridgehead atoms. The number of hydrogen-bond acceptors (Lipinski definition) is 6. The van der Waals surface area contributed by atoms with Gasteiger partial charge in [0.25, 0.3) is 0 Å². The minimum atomic E-state index is -0.203. The van der Waals surface area contributed by atoms with Crippen molar-refractivity contribution in [3.63, 3.8) is 0 Å². The Morgan fingerprint density at radius 2 is 1.96 bits per heavy atom. The Kier molecular flexibility index (Phi) is 5.37. The van der Waals surface area contributed by atoms with Crippen molar-refractivity contribution in [2.24, 2.45) is 0 Å². The van der Waals surface area contributed by atoms with E-state index >= 15 is 0 Å². The largest absolute Gasteiger partial charge is 0.496 e. The molecule has 0 amide bonds. The Hall–Kier alpha value is -2.67. The second-order valence-corrected chi connectivity index (χ2v) is 6.31. The Morgan fingerprint density at radius 3 is 2.65 bits per heavy atom. The van der Waals surface area contributed by atoms with E-state index in [0.717, 1.165) is 0 Å². The van der Waals surface area contributed by atoms with Gasteiger partial charge in [-0.1, -0.05) is 0 Å². The number of methoxy groups -OCH3 is 1. The van der Waals surface area contributed by atoms with E-state index in [2.05, 4.69) is 15.9 Å². The van der Waals surface area contributed by atoms with E-state index < -0.39 is 0 Å². The SMILES string of the molecule is CCOc1cc(C(=O)C(Br)=Cc2cc3c(cc2OC)OCO3)ccc1N. The van der Waals surface area contributed by atoms with Crippen LogP contribution in [0.1, 0.15) is 22.8 Å². The molecule has 0 spiro atoms. The van der Waals surface area contributed by atoms with E-state index in [1.165, 1.54) is 0 Å². The molecule has 3 rings (SSSR count). The van der Waals surface area contributed by atoms with Crippen molar-refractivity contribution in [2.75, 3.05) is 26.2 Å². The van der Waals surface area contributed by atoms with Gasteiger partial charge in [0.2, 0.25) is 6.79 Å². The molecule has 1 aliphatic rings. The molecule has 6 nitrogen and oxygen atoms in total. The van der Waals surface area contributed by atoms with E-state index in [1.807, 2.05) is 6.92 Å². The average Bonchev–Trinajstić information content (AvgIpc) is 3.09. The topological polar surface area (TPSA) is 80.0 Å². The van der Waals surface area contributed by atoms with Gasteiger partial charge in [-0.15, -0.1) is 0 Å². The van der Waals surface area contributed by atoms with Gasteiger partial charge in [-0.2, -0.15) is 0 Å². The number of Topliss-reactive ketones (excluding diaryl/α,β-unsaturated/α-hetero) is 1. The van der Waals surface area contributed by atoms with Crippen LogP contribution in [0.5, 0.6) is 23.0 Å². The van der Waals surface area contributed by atoms with Crippen LogP contribution in [0, 0.1) is 0 Å². The first kappa shape index (κ1) is 18.1. The summed E-state index contributed by atoms with van der Waals surface area (Å²) in [4.78, 5) is 12.7. The maximum atomic E-state index is 12.7. The number of halogens is 1. The Balaban J connectivity index is 1.93. The van der Waals surface area contributed by atoms with Crippen molar-refractivity contribution in [3.05, 3.63) is 45.9 Å². The van der Waals surface area contributed by atoms with E-state index in [4.69, 9.17) is 24.7 Å². The third-order valence-electron chi connectivity index (χ3n) is 3.80. The lowest BCUT2D eigenvalue weighted by atomic mass is 10.1. The van der Waals surface area contributed by atoms with Crippen LogP contribution >= 0.6 is 15.9 Å². The first-order valence-electron chi connectivity index (χ1n) is 7.95. The van der Waals surface area contributed by atoms with Crippen LogP contribution in [0.3, 0.4) is 0 Å². The molecule has 0 atom stereocenters. The van der Waals surface area contributed by atoms with Gasteiger partial charge in [0.15, 0.2) is 17.3 Å². The van der Waals surface area contributed by atoms with Crippen molar-refractivity contribution in [2.45, 2.75) is 6.92 Å². The predicted octanol–water partition coefficient (Wildman–Crippen LogP) is 4.02. The van der Waals surface area contributed by atoms with Crippen molar-refractivity contribution in [1.82, 2.24) is 0 Å². The van der Waals surface area contributed by atoms with Crippen molar-refractivity contribution in [3.8, 4) is 23.0 Å². The van der Waals surface area contributed by atoms with Gasteiger partial charge in [-0.05, 0) is 53.2 Å². The lowest BCUT2D eigenvalue weighted by Gasteiger charge is -2.09. The van der Waals surface area contributed by atoms with E-state index in [1.54, 1.807) is 43.5 Å². The second kappa shape index (κ2) is 7.70. The molecule has 26 heavy (non-hydrogen) atoms. The van der Waals surface area contributed by atoms with Crippen LogP contribution in [0.25, 0.3) is 6.08 Å². The summed E-state index contributed by atoms with van der Waals surface area (Å²) in [7, 11) is 1.55. The van der Waals surface area contributed by atoms with Gasteiger partial charge in [-0.3, -0.25) is 4.79 Å². The number of ketones is 1. The summed E-state index contributed by atoms with van der Waals surface area (Å²) in [6, 6.07) is 8.44. The number of fused-ring (bicyclic) bond motifs is 1. The quantitative estimate of drug-likeness (QED) is 0.432. The van der Waals surface area contributed by atoms with Gasteiger partial charge in [0.05, 0.1) is 23.9 Å². The normalized spacial score (nSPS) is 12.8. The second-order valence-electron chi connectivity index (χ2n) is 5.45. The summed E-state index contributed by atoms with van der Waals surface area (Å²) in [5, 5.41) is 0. The highest BCUT2D eigenvalue weighted by atomic mass is 79.9. The van der Waals surface area contributed by atoms with Gasteiger partial charge in [0, 0.05) is 17.2 Å². The summed E-state index contributed by atoms with van der Waals surface area (Å²) in [6.45, 7) is 2.49. The summed E-state index contributed by atoms with van der Waals surface area (Å²) in [5.74, 6) is 2.08. The maximum Gasteiger partial charge on any atom is 0.231 e. The molecule has 136 valence electrons.